The van der Waals surface area contributed by atoms with Crippen molar-refractivity contribution < 1.29 is 17.5 Å². The van der Waals surface area contributed by atoms with Crippen LogP contribution in [0.4, 0.5) is 5.69 Å². The minimum absolute atomic E-state index is 0.0582. The van der Waals surface area contributed by atoms with Crippen molar-refractivity contribution in [2.75, 3.05) is 13.1 Å². The Balaban J connectivity index is 1.68. The Hall–Kier alpha value is -1.93. The molecule has 1 aromatic rings. The Morgan fingerprint density at radius 3 is 2.52 bits per heavy atom. The summed E-state index contributed by atoms with van der Waals surface area (Å²) in [5.74, 6) is 0. The van der Waals surface area contributed by atoms with Crippen LogP contribution in [-0.4, -0.2) is 37.4 Å². The zero-order chi connectivity index (χ0) is 15.0. The third-order valence-corrected chi connectivity index (χ3v) is 4.91. The maximum absolute atomic E-state index is 12.1. The lowest BCUT2D eigenvalue weighted by Gasteiger charge is -2.15. The Kier molecular flexibility index (Phi) is 3.42. The molecular formula is C13H14N2O5S. The molecule has 0 radical (unpaired) electrons. The molecule has 1 atom stereocenters. The molecule has 8 heteroatoms. The second-order valence-electron chi connectivity index (χ2n) is 5.06. The number of nitrogens with zero attached hydrogens (tertiary/aromatic N) is 2. The van der Waals surface area contributed by atoms with Crippen LogP contribution in [0.3, 0.4) is 0 Å². The summed E-state index contributed by atoms with van der Waals surface area (Å²) in [5.41, 5.74) is 1.09. The number of hydrogen-bond donors (Lipinski definition) is 0. The van der Waals surface area contributed by atoms with E-state index in [0.717, 1.165) is 25.1 Å². The van der Waals surface area contributed by atoms with Gasteiger partial charge in [0.15, 0.2) is 0 Å². The smallest absolute Gasteiger partial charge is 0.297 e. The summed E-state index contributed by atoms with van der Waals surface area (Å²) in [6.45, 7) is 1.37. The average Bonchev–Trinajstić information content (AvgIpc) is 3.20. The van der Waals surface area contributed by atoms with E-state index < -0.39 is 15.0 Å². The molecule has 0 amide bonds. The number of allylic oxidation sites excluding steroid dienone is 2. The molecule has 1 saturated heterocycles. The van der Waals surface area contributed by atoms with Gasteiger partial charge < -0.3 is 4.90 Å². The Labute approximate surface area is 122 Å². The van der Waals surface area contributed by atoms with Gasteiger partial charge in [0.05, 0.1) is 15.9 Å². The number of non-ortho nitro benzene ring substituents is 1. The van der Waals surface area contributed by atoms with Crippen molar-refractivity contribution in [1.82, 2.24) is 4.90 Å². The van der Waals surface area contributed by atoms with Gasteiger partial charge in [-0.25, -0.2) is 0 Å². The van der Waals surface area contributed by atoms with Crippen molar-refractivity contribution in [2.24, 2.45) is 0 Å². The van der Waals surface area contributed by atoms with E-state index in [1.54, 1.807) is 0 Å². The summed E-state index contributed by atoms with van der Waals surface area (Å²) in [6, 6.07) is 4.71. The van der Waals surface area contributed by atoms with Crippen LogP contribution < -0.4 is 0 Å². The minimum atomic E-state index is -3.88. The molecule has 3 rings (SSSR count). The van der Waals surface area contributed by atoms with E-state index in [1.807, 2.05) is 0 Å². The van der Waals surface area contributed by atoms with Crippen LogP contribution in [0.1, 0.15) is 12.8 Å². The maximum Gasteiger partial charge on any atom is 0.297 e. The summed E-state index contributed by atoms with van der Waals surface area (Å²) in [7, 11) is -3.88. The molecule has 1 aromatic carbocycles. The molecule has 1 heterocycles. The van der Waals surface area contributed by atoms with Crippen molar-refractivity contribution in [3.63, 3.8) is 0 Å². The highest BCUT2D eigenvalue weighted by molar-refractivity contribution is 7.86. The molecule has 1 aliphatic heterocycles. The first-order valence-corrected chi connectivity index (χ1v) is 7.98. The zero-order valence-electron chi connectivity index (χ0n) is 11.1. The SMILES string of the molecule is O=[N+]([O-])c1ccc(S(=O)(=O)O[C@@H]2CCN(C3=CC3)C2)cc1. The normalized spacial score (nSPS) is 21.2. The molecule has 112 valence electrons. The lowest BCUT2D eigenvalue weighted by Crippen LogP contribution is -2.22. The summed E-state index contributed by atoms with van der Waals surface area (Å²) in [5, 5.41) is 10.6. The lowest BCUT2D eigenvalue weighted by atomic mass is 10.3. The molecule has 0 saturated carbocycles. The predicted molar refractivity (Wildman–Crippen MR) is 74.0 cm³/mol. The molecule has 0 aromatic heterocycles. The topological polar surface area (TPSA) is 89.8 Å². The van der Waals surface area contributed by atoms with Crippen LogP contribution in [0, 0.1) is 10.1 Å². The van der Waals surface area contributed by atoms with Crippen LogP contribution in [-0.2, 0) is 14.3 Å². The summed E-state index contributed by atoms with van der Waals surface area (Å²) in [6.07, 6.45) is 3.35. The van der Waals surface area contributed by atoms with Crippen LogP contribution in [0.5, 0.6) is 0 Å². The first kappa shape index (κ1) is 14.0. The van der Waals surface area contributed by atoms with E-state index in [0.29, 0.717) is 13.0 Å². The molecule has 0 spiro atoms. The number of nitro groups is 1. The summed E-state index contributed by atoms with van der Waals surface area (Å²) >= 11 is 0. The number of rotatable bonds is 5. The second kappa shape index (κ2) is 5.12. The van der Waals surface area contributed by atoms with Crippen LogP contribution >= 0.6 is 0 Å². The van der Waals surface area contributed by atoms with Gasteiger partial charge in [-0.05, 0) is 18.6 Å². The molecule has 0 N–H and O–H groups in total. The lowest BCUT2D eigenvalue weighted by molar-refractivity contribution is -0.384. The zero-order valence-corrected chi connectivity index (χ0v) is 12.0. The largest absolute Gasteiger partial charge is 0.372 e. The van der Waals surface area contributed by atoms with Gasteiger partial charge in [0.25, 0.3) is 15.8 Å². The van der Waals surface area contributed by atoms with Gasteiger partial charge in [-0.3, -0.25) is 14.3 Å². The quantitative estimate of drug-likeness (QED) is 0.467. The second-order valence-corrected chi connectivity index (χ2v) is 6.63. The van der Waals surface area contributed by atoms with Gasteiger partial charge >= 0.3 is 0 Å². The highest BCUT2D eigenvalue weighted by atomic mass is 32.2. The highest BCUT2D eigenvalue weighted by Gasteiger charge is 2.31. The third-order valence-electron chi connectivity index (χ3n) is 3.54. The standard InChI is InChI=1S/C13H14N2O5S/c16-15(17)11-3-5-13(6-4-11)21(18,19)20-12-7-8-14(9-12)10-1-2-10/h1,3-6,12H,2,7-9H2/t12-/m1/s1. The number of likely N-dealkylation sites (tertiary alicyclic amines) is 1. The van der Waals surface area contributed by atoms with Crippen LogP contribution in [0.2, 0.25) is 0 Å². The van der Waals surface area contributed by atoms with Crippen molar-refractivity contribution in [3.05, 3.63) is 46.2 Å². The number of hydrogen-bond acceptors (Lipinski definition) is 6. The fourth-order valence-electron chi connectivity index (χ4n) is 2.34. The first-order valence-electron chi connectivity index (χ1n) is 6.57. The molecule has 7 nitrogen and oxygen atoms in total. The molecule has 0 unspecified atom stereocenters. The monoisotopic (exact) mass is 310 g/mol. The van der Waals surface area contributed by atoms with Crippen molar-refractivity contribution >= 4 is 15.8 Å². The van der Waals surface area contributed by atoms with Gasteiger partial charge in [0, 0.05) is 37.3 Å². The molecule has 2 aliphatic rings. The predicted octanol–water partition coefficient (Wildman–Crippen LogP) is 1.66. The highest BCUT2D eigenvalue weighted by Crippen LogP contribution is 2.29. The van der Waals surface area contributed by atoms with E-state index in [4.69, 9.17) is 4.18 Å². The number of benzene rings is 1. The molecule has 1 aliphatic carbocycles. The Morgan fingerprint density at radius 1 is 1.29 bits per heavy atom. The fourth-order valence-corrected chi connectivity index (χ4v) is 3.44. The van der Waals surface area contributed by atoms with E-state index >= 15 is 0 Å². The third kappa shape index (κ3) is 3.06. The minimum Gasteiger partial charge on any atom is -0.372 e. The van der Waals surface area contributed by atoms with Crippen molar-refractivity contribution in [1.29, 1.82) is 0 Å². The molecule has 1 fully saturated rings. The maximum atomic E-state index is 12.1. The Morgan fingerprint density at radius 2 is 1.95 bits per heavy atom. The van der Waals surface area contributed by atoms with E-state index in [-0.39, 0.29) is 16.7 Å². The molecular weight excluding hydrogens is 296 g/mol. The van der Waals surface area contributed by atoms with Gasteiger partial charge in [-0.15, -0.1) is 0 Å². The van der Waals surface area contributed by atoms with E-state index in [2.05, 4.69) is 11.0 Å². The number of nitro benzene ring substituents is 1. The van der Waals surface area contributed by atoms with Crippen LogP contribution in [0.25, 0.3) is 0 Å². The van der Waals surface area contributed by atoms with Gasteiger partial charge in [0.2, 0.25) is 0 Å². The van der Waals surface area contributed by atoms with E-state index in [1.165, 1.54) is 17.8 Å². The fraction of sp³-hybridized carbons (Fsp3) is 0.385. The van der Waals surface area contributed by atoms with E-state index in [9.17, 15) is 18.5 Å². The molecule has 0 bridgehead atoms. The average molecular weight is 310 g/mol. The van der Waals surface area contributed by atoms with Crippen molar-refractivity contribution in [2.45, 2.75) is 23.8 Å². The van der Waals surface area contributed by atoms with Gasteiger partial charge in [-0.2, -0.15) is 8.42 Å². The first-order chi connectivity index (χ1) is 9.95. The Bertz CT molecular complexity index is 696. The summed E-state index contributed by atoms with van der Waals surface area (Å²) < 4.78 is 29.5. The van der Waals surface area contributed by atoms with Crippen LogP contribution in [0.15, 0.2) is 40.9 Å². The van der Waals surface area contributed by atoms with Gasteiger partial charge in [0.1, 0.15) is 0 Å². The summed E-state index contributed by atoms with van der Waals surface area (Å²) in [4.78, 5) is 12.0. The van der Waals surface area contributed by atoms with Gasteiger partial charge in [-0.1, -0.05) is 6.08 Å². The van der Waals surface area contributed by atoms with Crippen molar-refractivity contribution in [3.8, 4) is 0 Å². The molecule has 21 heavy (non-hydrogen) atoms.